The molecule has 3 heterocycles. The zero-order valence-corrected chi connectivity index (χ0v) is 62.6. The number of para-hydroxylation sites is 6. The highest BCUT2D eigenvalue weighted by Crippen LogP contribution is 2.36. The van der Waals surface area contributed by atoms with Crippen LogP contribution in [0.1, 0.15) is 130 Å². The summed E-state index contributed by atoms with van der Waals surface area (Å²) in [6, 6.07) is 44.8. The number of nitrogens with zero attached hydrogens (tertiary/aromatic N) is 6. The van der Waals surface area contributed by atoms with Crippen LogP contribution < -0.4 is 70.3 Å². The molecule has 0 bridgehead atoms. The Balaban J connectivity index is 0.000000168. The van der Waals surface area contributed by atoms with Crippen molar-refractivity contribution in [3.63, 3.8) is 0 Å². The fraction of sp³-hybridized carbons (Fsp3) is 0.524. The molecule has 0 radical (unpaired) electrons. The normalized spacial score (nSPS) is 21.1. The van der Waals surface area contributed by atoms with Crippen molar-refractivity contribution in [2.45, 2.75) is 186 Å². The van der Waals surface area contributed by atoms with E-state index in [0.717, 1.165) is 184 Å². The molecule has 6 aromatic carbocycles. The Hall–Kier alpha value is -8.73. The van der Waals surface area contributed by atoms with E-state index in [2.05, 4.69) is 157 Å². The third-order valence-corrected chi connectivity index (χ3v) is 20.6. The average Bonchev–Trinajstić information content (AvgIpc) is 0.832. The molecule has 3 aliphatic carbocycles. The van der Waals surface area contributed by atoms with Crippen molar-refractivity contribution in [3.05, 3.63) is 162 Å². The molecule has 3 saturated carbocycles. The number of benzene rings is 6. The third-order valence-electron chi connectivity index (χ3n) is 20.6. The number of ether oxygens (including phenoxy) is 5. The van der Waals surface area contributed by atoms with Crippen LogP contribution in [0.2, 0.25) is 0 Å². The van der Waals surface area contributed by atoms with Crippen molar-refractivity contribution in [2.24, 2.45) is 0 Å². The largest absolute Gasteiger partial charge is 0.497 e. The minimum absolute atomic E-state index is 0.162. The summed E-state index contributed by atoms with van der Waals surface area (Å²) in [5.41, 5.74) is 5.72. The number of carbonyl (C=O) groups excluding carboxylic acids is 3. The fourth-order valence-electron chi connectivity index (χ4n) is 15.3. The quantitative estimate of drug-likeness (QED) is 0.0377. The van der Waals surface area contributed by atoms with Crippen LogP contribution in [-0.4, -0.2) is 180 Å². The van der Waals surface area contributed by atoms with Gasteiger partial charge in [-0.3, -0.25) is 14.7 Å². The summed E-state index contributed by atoms with van der Waals surface area (Å²) in [6.45, 7) is 25.3. The number of methoxy groups -OCH3 is 2. The number of carbonyl (C=O) groups is 3. The van der Waals surface area contributed by atoms with Crippen LogP contribution in [0.5, 0.6) is 28.7 Å². The van der Waals surface area contributed by atoms with E-state index >= 15 is 0 Å². The first-order chi connectivity index (χ1) is 50.4. The van der Waals surface area contributed by atoms with E-state index in [1.807, 2.05) is 30.3 Å². The van der Waals surface area contributed by atoms with Crippen LogP contribution in [0.15, 0.2) is 140 Å². The highest BCUT2D eigenvalue weighted by molar-refractivity contribution is 5.91. The van der Waals surface area contributed by atoms with Gasteiger partial charge in [-0.15, -0.1) is 0 Å². The van der Waals surface area contributed by atoms with Crippen LogP contribution in [-0.2, 0) is 13.1 Å². The Morgan fingerprint density at radius 1 is 0.385 bits per heavy atom. The van der Waals surface area contributed by atoms with E-state index in [1.54, 1.807) is 44.6 Å². The second-order valence-electron chi connectivity index (χ2n) is 29.1. The molecular formula is C82H114F2N12O8. The molecule has 12 rings (SSSR count). The third kappa shape index (κ3) is 23.6. The second-order valence-corrected chi connectivity index (χ2v) is 29.1. The minimum atomic E-state index is -0.285. The van der Waals surface area contributed by atoms with E-state index in [1.165, 1.54) is 41.3 Å². The maximum atomic E-state index is 13.3. The van der Waals surface area contributed by atoms with Gasteiger partial charge in [-0.2, -0.15) is 0 Å². The van der Waals surface area contributed by atoms with Gasteiger partial charge in [0.2, 0.25) is 0 Å². The smallest absolute Gasteiger partial charge is 0.319 e. The Kier molecular flexibility index (Phi) is 29.5. The Morgan fingerprint density at radius 2 is 0.721 bits per heavy atom. The van der Waals surface area contributed by atoms with Gasteiger partial charge in [-0.25, -0.2) is 23.2 Å². The van der Waals surface area contributed by atoms with Gasteiger partial charge in [-0.05, 0) is 203 Å². The summed E-state index contributed by atoms with van der Waals surface area (Å²) in [5, 5.41) is 17.9. The molecule has 0 aromatic heterocycles. The van der Waals surface area contributed by atoms with Gasteiger partial charge in [-0.1, -0.05) is 60.7 Å². The summed E-state index contributed by atoms with van der Waals surface area (Å²) in [7, 11) is 3.18. The highest BCUT2D eigenvalue weighted by atomic mass is 19.1. The van der Waals surface area contributed by atoms with E-state index in [9.17, 15) is 23.2 Å². The lowest BCUT2D eigenvalue weighted by Crippen LogP contribution is -2.52. The maximum Gasteiger partial charge on any atom is 0.319 e. The molecule has 6 amide bonds. The predicted octanol–water partition coefficient (Wildman–Crippen LogP) is 13.8. The number of amides is 6. The van der Waals surface area contributed by atoms with E-state index < -0.39 is 0 Å². The number of hydrogen-bond donors (Lipinski definition) is 6. The molecule has 564 valence electrons. The van der Waals surface area contributed by atoms with Gasteiger partial charge in [0.1, 0.15) is 40.4 Å². The fourth-order valence-corrected chi connectivity index (χ4v) is 15.3. The van der Waals surface area contributed by atoms with Gasteiger partial charge < -0.3 is 70.3 Å². The zero-order chi connectivity index (χ0) is 73.3. The summed E-state index contributed by atoms with van der Waals surface area (Å²) in [4.78, 5) is 52.3. The van der Waals surface area contributed by atoms with Crippen molar-refractivity contribution in [1.82, 2.24) is 41.3 Å². The summed E-state index contributed by atoms with van der Waals surface area (Å²) in [6.07, 6.45) is 13.0. The van der Waals surface area contributed by atoms with E-state index in [0.29, 0.717) is 48.4 Å². The maximum absolute atomic E-state index is 13.3. The van der Waals surface area contributed by atoms with E-state index in [-0.39, 0.29) is 66.2 Å². The second kappa shape index (κ2) is 39.4. The lowest BCUT2D eigenvalue weighted by atomic mass is 9.90. The number of halogens is 2. The number of hydrogen-bond acceptors (Lipinski definition) is 14. The van der Waals surface area contributed by atoms with Crippen LogP contribution >= 0.6 is 0 Å². The molecule has 0 spiro atoms. The molecule has 6 aliphatic rings. The molecule has 104 heavy (non-hydrogen) atoms. The number of nitrogens with one attached hydrogen (secondary N) is 6. The van der Waals surface area contributed by atoms with Crippen LogP contribution in [0, 0.1) is 11.6 Å². The Labute approximate surface area is 616 Å². The zero-order valence-electron chi connectivity index (χ0n) is 62.6. The topological polar surface area (TPSA) is 189 Å². The molecule has 0 unspecified atom stereocenters. The van der Waals surface area contributed by atoms with Crippen molar-refractivity contribution in [1.29, 1.82) is 0 Å². The summed E-state index contributed by atoms with van der Waals surface area (Å²) < 4.78 is 55.3. The van der Waals surface area contributed by atoms with Gasteiger partial charge in [0.05, 0.1) is 55.3 Å². The first-order valence-electron chi connectivity index (χ1n) is 38.0. The van der Waals surface area contributed by atoms with Crippen LogP contribution in [0.4, 0.5) is 45.9 Å². The molecule has 22 heteroatoms. The Morgan fingerprint density at radius 3 is 1.04 bits per heavy atom. The van der Waals surface area contributed by atoms with Gasteiger partial charge in [0, 0.05) is 134 Å². The van der Waals surface area contributed by atoms with Gasteiger partial charge >= 0.3 is 18.1 Å². The molecule has 3 aliphatic heterocycles. The molecule has 6 aromatic rings. The van der Waals surface area contributed by atoms with Crippen molar-refractivity contribution >= 4 is 40.8 Å². The van der Waals surface area contributed by atoms with E-state index in [4.69, 9.17) is 23.7 Å². The number of rotatable bonds is 22. The number of anilines is 4. The highest BCUT2D eigenvalue weighted by Gasteiger charge is 2.34. The molecular weight excluding hydrogens is 1320 g/mol. The monoisotopic (exact) mass is 1430 g/mol. The molecule has 20 nitrogen and oxygen atoms in total. The lowest BCUT2D eigenvalue weighted by Gasteiger charge is -2.43. The van der Waals surface area contributed by atoms with Crippen molar-refractivity contribution < 1.29 is 46.8 Å². The Bertz CT molecular complexity index is 3460. The standard InChI is InChI=1S/C28H40N4O4.2C27H37FN4O2/c1-20(2)36-26-8-6-5-7-25(26)32-17-15-31(16-18-32)22-11-9-21(10-12-22)29-28(33)30-24-14-13-23(34-3)19-27(24)35-4;2*1-20(2)34-26-9-4-3-8-25(26)32-16-14-31(15-17-32)24-12-10-23(11-13-24)30-27(33)29-19-21-6-5-7-22(28)18-21/h5-8,13-14,19-22H,9-12,15-18H2,1-4H3,(H2,29,30,33);2*3-9,18,20,23-24H,10-17,19H2,1-2H3,(H2,29,30,33). The number of urea groups is 3. The molecule has 0 atom stereocenters. The minimum Gasteiger partial charge on any atom is -0.497 e. The predicted molar refractivity (Wildman–Crippen MR) is 411 cm³/mol. The first-order valence-corrected chi connectivity index (χ1v) is 38.0. The summed E-state index contributed by atoms with van der Waals surface area (Å²) in [5.74, 6) is 3.59. The van der Waals surface area contributed by atoms with Crippen molar-refractivity contribution in [2.75, 3.05) is 113 Å². The van der Waals surface area contributed by atoms with Crippen LogP contribution in [0.25, 0.3) is 0 Å². The number of piperazine rings is 3. The summed E-state index contributed by atoms with van der Waals surface area (Å²) >= 11 is 0. The average molecular weight is 1430 g/mol. The first kappa shape index (κ1) is 77.9. The van der Waals surface area contributed by atoms with Crippen LogP contribution in [0.3, 0.4) is 0 Å². The van der Waals surface area contributed by atoms with Crippen molar-refractivity contribution in [3.8, 4) is 28.7 Å². The lowest BCUT2D eigenvalue weighted by molar-refractivity contribution is 0.136. The van der Waals surface area contributed by atoms with Gasteiger partial charge in [0.25, 0.3) is 0 Å². The molecule has 3 saturated heterocycles. The SMILES string of the molecule is CC(C)Oc1ccccc1N1CCN(C2CCC(NC(=O)NCc3cccc(F)c3)CC2)CC1.CC(C)Oc1ccccc1N1CCN(C2CCC(NC(=O)NCc3cccc(F)c3)CC2)CC1.COc1ccc(NC(=O)NC2CCC(N3CCN(c4ccccc4OC(C)C)CC3)CC2)c(OC)c1. The molecule has 6 N–H and O–H groups in total. The van der Waals surface area contributed by atoms with Gasteiger partial charge in [0.15, 0.2) is 0 Å². The molecule has 6 fully saturated rings.